The zero-order valence-corrected chi connectivity index (χ0v) is 12.9. The maximum absolute atomic E-state index is 12.0. The molecule has 2 aromatic heterocycles. The lowest BCUT2D eigenvalue weighted by molar-refractivity contribution is -0.120. The zero-order valence-electron chi connectivity index (χ0n) is 11.2. The lowest BCUT2D eigenvalue weighted by Gasteiger charge is -2.08. The van der Waals surface area contributed by atoms with Crippen molar-refractivity contribution in [3.05, 3.63) is 36.4 Å². The molecule has 1 aromatic carbocycles. The first-order valence-corrected chi connectivity index (χ1v) is 8.06. The molecule has 1 amide bonds. The number of rotatable bonds is 5. The van der Waals surface area contributed by atoms with E-state index in [4.69, 9.17) is 0 Å². The van der Waals surface area contributed by atoms with E-state index in [1.54, 1.807) is 11.3 Å². The lowest BCUT2D eigenvalue weighted by Crippen LogP contribution is -2.30. The van der Waals surface area contributed by atoms with Crippen LogP contribution in [0.3, 0.4) is 0 Å². The van der Waals surface area contributed by atoms with Gasteiger partial charge in [0.1, 0.15) is 12.2 Å². The maximum Gasteiger partial charge on any atom is 0.233 e. The molecule has 0 spiro atoms. The van der Waals surface area contributed by atoms with Crippen molar-refractivity contribution in [3.8, 4) is 0 Å². The van der Waals surface area contributed by atoms with Crippen LogP contribution in [-0.2, 0) is 11.3 Å². The monoisotopic (exact) mass is 319 g/mol. The topological polar surface area (TPSA) is 83.6 Å². The minimum Gasteiger partial charge on any atom is -0.348 e. The summed E-state index contributed by atoms with van der Waals surface area (Å²) in [5.41, 5.74) is 0.972. The number of hydrogen-bond acceptors (Lipinski definition) is 6. The minimum absolute atomic E-state index is 0.0457. The first kappa shape index (κ1) is 14.0. The molecule has 0 saturated heterocycles. The van der Waals surface area contributed by atoms with Gasteiger partial charge in [0.25, 0.3) is 0 Å². The van der Waals surface area contributed by atoms with Crippen molar-refractivity contribution in [1.82, 2.24) is 25.5 Å². The minimum atomic E-state index is -0.214. The van der Waals surface area contributed by atoms with Crippen molar-refractivity contribution >= 4 is 39.2 Å². The number of thiazole rings is 1. The molecule has 0 radical (unpaired) electrons. The van der Waals surface area contributed by atoms with Crippen LogP contribution < -0.4 is 5.32 Å². The van der Waals surface area contributed by atoms with Gasteiger partial charge in [-0.05, 0) is 19.1 Å². The Morgan fingerprint density at radius 2 is 2.33 bits per heavy atom. The summed E-state index contributed by atoms with van der Waals surface area (Å²) in [7, 11) is 0. The molecule has 2 N–H and O–H groups in total. The maximum atomic E-state index is 12.0. The molecule has 6 nitrogen and oxygen atoms in total. The molecule has 0 fully saturated rings. The third-order valence-corrected chi connectivity index (χ3v) is 5.05. The molecular weight excluding hydrogens is 306 g/mol. The van der Waals surface area contributed by atoms with Gasteiger partial charge in [0, 0.05) is 0 Å². The third kappa shape index (κ3) is 3.40. The third-order valence-electron chi connectivity index (χ3n) is 2.82. The molecule has 0 aliphatic rings. The van der Waals surface area contributed by atoms with Crippen LogP contribution in [0.25, 0.3) is 10.2 Å². The Balaban J connectivity index is 1.59. The van der Waals surface area contributed by atoms with E-state index in [0.717, 1.165) is 14.6 Å². The normalized spacial score (nSPS) is 12.4. The van der Waals surface area contributed by atoms with Gasteiger partial charge in [-0.3, -0.25) is 9.89 Å². The number of nitrogens with one attached hydrogen (secondary N) is 2. The van der Waals surface area contributed by atoms with Crippen LogP contribution in [0.5, 0.6) is 0 Å². The van der Waals surface area contributed by atoms with Crippen molar-refractivity contribution in [2.75, 3.05) is 0 Å². The highest BCUT2D eigenvalue weighted by molar-refractivity contribution is 8.02. The van der Waals surface area contributed by atoms with Gasteiger partial charge in [-0.1, -0.05) is 23.9 Å². The molecule has 0 saturated carbocycles. The average molecular weight is 319 g/mol. The van der Waals surface area contributed by atoms with Gasteiger partial charge in [-0.2, -0.15) is 5.10 Å². The van der Waals surface area contributed by atoms with E-state index < -0.39 is 0 Å². The number of amides is 1. The highest BCUT2D eigenvalue weighted by Crippen LogP contribution is 2.31. The van der Waals surface area contributed by atoms with Crippen LogP contribution in [0, 0.1) is 0 Å². The second-order valence-corrected chi connectivity index (χ2v) is 6.98. The van der Waals surface area contributed by atoms with Gasteiger partial charge in [0.05, 0.1) is 22.0 Å². The molecule has 0 aliphatic heterocycles. The van der Waals surface area contributed by atoms with Gasteiger partial charge in [0.2, 0.25) is 5.91 Å². The van der Waals surface area contributed by atoms with E-state index in [1.165, 1.54) is 18.1 Å². The molecule has 1 atom stereocenters. The Morgan fingerprint density at radius 3 is 3.10 bits per heavy atom. The number of thioether (sulfide) groups is 1. The molecule has 2 heterocycles. The number of carbonyl (C=O) groups is 1. The van der Waals surface area contributed by atoms with Crippen molar-refractivity contribution in [2.45, 2.75) is 23.1 Å². The molecule has 8 heteroatoms. The van der Waals surface area contributed by atoms with Crippen LogP contribution in [0.4, 0.5) is 0 Å². The number of aromatic nitrogens is 4. The number of aromatic amines is 1. The van der Waals surface area contributed by atoms with Crippen LogP contribution in [0.1, 0.15) is 12.7 Å². The Bertz CT molecular complexity index is 707. The van der Waals surface area contributed by atoms with Crippen LogP contribution in [0.15, 0.2) is 34.9 Å². The molecule has 3 rings (SSSR count). The van der Waals surface area contributed by atoms with Crippen molar-refractivity contribution in [3.63, 3.8) is 0 Å². The van der Waals surface area contributed by atoms with Crippen LogP contribution >= 0.6 is 23.1 Å². The second kappa shape index (κ2) is 6.23. The van der Waals surface area contributed by atoms with Crippen LogP contribution in [0.2, 0.25) is 0 Å². The van der Waals surface area contributed by atoms with Crippen molar-refractivity contribution in [2.24, 2.45) is 0 Å². The highest BCUT2D eigenvalue weighted by atomic mass is 32.2. The summed E-state index contributed by atoms with van der Waals surface area (Å²) in [6.07, 6.45) is 1.42. The van der Waals surface area contributed by atoms with Crippen molar-refractivity contribution in [1.29, 1.82) is 0 Å². The first-order valence-electron chi connectivity index (χ1n) is 6.36. The lowest BCUT2D eigenvalue weighted by atomic mass is 10.3. The van der Waals surface area contributed by atoms with E-state index in [9.17, 15) is 4.79 Å². The van der Waals surface area contributed by atoms with Crippen LogP contribution in [-0.4, -0.2) is 31.3 Å². The largest absolute Gasteiger partial charge is 0.348 e. The number of carbonyl (C=O) groups excluding carboxylic acids is 1. The Labute approximate surface area is 129 Å². The second-order valence-electron chi connectivity index (χ2n) is 4.36. The summed E-state index contributed by atoms with van der Waals surface area (Å²) < 4.78 is 2.03. The summed E-state index contributed by atoms with van der Waals surface area (Å²) >= 11 is 3.07. The fourth-order valence-electron chi connectivity index (χ4n) is 1.74. The number of H-pyrrole nitrogens is 1. The van der Waals surface area contributed by atoms with Gasteiger partial charge in [0.15, 0.2) is 4.34 Å². The van der Waals surface area contributed by atoms with Crippen molar-refractivity contribution < 1.29 is 4.79 Å². The summed E-state index contributed by atoms with van der Waals surface area (Å²) in [6.45, 7) is 2.22. The molecule has 108 valence electrons. The number of benzene rings is 1. The Hall–Kier alpha value is -1.93. The predicted octanol–water partition coefficient (Wildman–Crippen LogP) is 2.21. The molecular formula is C13H13N5OS2. The summed E-state index contributed by atoms with van der Waals surface area (Å²) in [5, 5.41) is 9.05. The summed E-state index contributed by atoms with van der Waals surface area (Å²) in [5.74, 6) is 0.594. The Morgan fingerprint density at radius 1 is 1.48 bits per heavy atom. The summed E-state index contributed by atoms with van der Waals surface area (Å²) in [6, 6.07) is 7.96. The fourth-order valence-corrected chi connectivity index (χ4v) is 3.97. The molecule has 0 bridgehead atoms. The van der Waals surface area contributed by atoms with E-state index in [-0.39, 0.29) is 11.2 Å². The van der Waals surface area contributed by atoms with Gasteiger partial charge < -0.3 is 5.32 Å². The summed E-state index contributed by atoms with van der Waals surface area (Å²) in [4.78, 5) is 20.5. The highest BCUT2D eigenvalue weighted by Gasteiger charge is 2.16. The van der Waals surface area contributed by atoms with Gasteiger partial charge >= 0.3 is 0 Å². The predicted molar refractivity (Wildman–Crippen MR) is 83.2 cm³/mol. The SMILES string of the molecule is C[C@H](Sc1nc2ccccc2s1)C(=O)NCc1ncn[nH]1. The van der Waals surface area contributed by atoms with E-state index in [1.807, 2.05) is 31.2 Å². The first-order chi connectivity index (χ1) is 10.2. The Kier molecular flexibility index (Phi) is 4.16. The fraction of sp³-hybridized carbons (Fsp3) is 0.231. The zero-order chi connectivity index (χ0) is 14.7. The number of fused-ring (bicyclic) bond motifs is 1. The molecule has 21 heavy (non-hydrogen) atoms. The molecule has 0 aliphatic carbocycles. The molecule has 0 unspecified atom stereocenters. The number of para-hydroxylation sites is 1. The van der Waals surface area contributed by atoms with Gasteiger partial charge in [-0.25, -0.2) is 9.97 Å². The van der Waals surface area contributed by atoms with Gasteiger partial charge in [-0.15, -0.1) is 11.3 Å². The smallest absolute Gasteiger partial charge is 0.233 e. The quantitative estimate of drug-likeness (QED) is 0.705. The average Bonchev–Trinajstić information content (AvgIpc) is 3.13. The van der Waals surface area contributed by atoms with E-state index >= 15 is 0 Å². The van der Waals surface area contributed by atoms with E-state index in [2.05, 4.69) is 25.5 Å². The number of nitrogens with zero attached hydrogens (tertiary/aromatic N) is 3. The standard InChI is InChI=1S/C13H13N5OS2/c1-8(12(19)14-6-11-15-7-16-18-11)20-13-17-9-4-2-3-5-10(9)21-13/h2-5,7-8H,6H2,1H3,(H,14,19)(H,15,16,18)/t8-/m0/s1. The van der Waals surface area contributed by atoms with E-state index in [0.29, 0.717) is 12.4 Å². The molecule has 3 aromatic rings. The number of hydrogen-bond donors (Lipinski definition) is 2.